The average Bonchev–Trinajstić information content (AvgIpc) is 2.77. The topological polar surface area (TPSA) is 64.7 Å². The molecule has 0 unspecified atom stereocenters. The van der Waals surface area contributed by atoms with Crippen LogP contribution in [0, 0.1) is 0 Å². The van der Waals surface area contributed by atoms with Gasteiger partial charge in [0.1, 0.15) is 0 Å². The Bertz CT molecular complexity index is 842. The SMILES string of the molecule is CSc1ccc(Cl)c(C(=O)NNC(=O)CCN2CCN(c3ccccc3)CC2)c1. The number of hydrazine groups is 1. The van der Waals surface area contributed by atoms with Crippen molar-refractivity contribution in [2.75, 3.05) is 43.9 Å². The molecular weight excluding hydrogens is 408 g/mol. The number of piperazine rings is 1. The number of carbonyl (C=O) groups excluding carboxylic acids is 2. The molecular formula is C21H25ClN4O2S. The van der Waals surface area contributed by atoms with E-state index in [4.69, 9.17) is 11.6 Å². The first kappa shape index (κ1) is 21.5. The van der Waals surface area contributed by atoms with Crippen molar-refractivity contribution in [2.24, 2.45) is 0 Å². The van der Waals surface area contributed by atoms with E-state index in [1.807, 2.05) is 30.5 Å². The molecule has 1 saturated heterocycles. The highest BCUT2D eigenvalue weighted by atomic mass is 35.5. The van der Waals surface area contributed by atoms with E-state index in [0.717, 1.165) is 31.1 Å². The Morgan fingerprint density at radius 2 is 1.76 bits per heavy atom. The van der Waals surface area contributed by atoms with Crippen molar-refractivity contribution >= 4 is 40.9 Å². The summed E-state index contributed by atoms with van der Waals surface area (Å²) in [6.07, 6.45) is 2.25. The van der Waals surface area contributed by atoms with E-state index in [2.05, 4.69) is 32.8 Å². The number of benzene rings is 2. The Morgan fingerprint density at radius 3 is 2.45 bits per heavy atom. The third kappa shape index (κ3) is 6.13. The lowest BCUT2D eigenvalue weighted by Gasteiger charge is -2.36. The Hall–Kier alpha value is -2.22. The van der Waals surface area contributed by atoms with E-state index < -0.39 is 5.91 Å². The Labute approximate surface area is 180 Å². The van der Waals surface area contributed by atoms with Gasteiger partial charge in [-0.3, -0.25) is 25.3 Å². The number of thioether (sulfide) groups is 1. The molecule has 0 aliphatic carbocycles. The molecule has 0 atom stereocenters. The van der Waals surface area contributed by atoms with Crippen molar-refractivity contribution in [3.05, 3.63) is 59.1 Å². The van der Waals surface area contributed by atoms with Crippen molar-refractivity contribution in [3.63, 3.8) is 0 Å². The normalized spacial score (nSPS) is 14.5. The summed E-state index contributed by atoms with van der Waals surface area (Å²) in [6.45, 7) is 4.35. The molecule has 0 aromatic heterocycles. The van der Waals surface area contributed by atoms with E-state index in [0.29, 0.717) is 23.6 Å². The van der Waals surface area contributed by atoms with Gasteiger partial charge in [0.2, 0.25) is 5.91 Å². The molecule has 1 aliphatic rings. The van der Waals surface area contributed by atoms with Crippen LogP contribution in [0.15, 0.2) is 53.4 Å². The second kappa shape index (κ2) is 10.5. The van der Waals surface area contributed by atoms with Crippen molar-refractivity contribution < 1.29 is 9.59 Å². The molecule has 0 radical (unpaired) electrons. The number of para-hydroxylation sites is 1. The van der Waals surface area contributed by atoms with Gasteiger partial charge in [0.25, 0.3) is 5.91 Å². The Kier molecular flexibility index (Phi) is 7.80. The fourth-order valence-electron chi connectivity index (χ4n) is 3.19. The van der Waals surface area contributed by atoms with Crippen LogP contribution in [0.2, 0.25) is 5.02 Å². The lowest BCUT2D eigenvalue weighted by atomic mass is 10.2. The predicted molar refractivity (Wildman–Crippen MR) is 119 cm³/mol. The molecule has 0 spiro atoms. The molecule has 2 aromatic rings. The monoisotopic (exact) mass is 432 g/mol. The summed E-state index contributed by atoms with van der Waals surface area (Å²) in [5, 5.41) is 0.353. The summed E-state index contributed by atoms with van der Waals surface area (Å²) >= 11 is 7.61. The second-order valence-electron chi connectivity index (χ2n) is 6.76. The first-order valence-electron chi connectivity index (χ1n) is 9.52. The lowest BCUT2D eigenvalue weighted by molar-refractivity contribution is -0.122. The van der Waals surface area contributed by atoms with Crippen LogP contribution in [-0.2, 0) is 4.79 Å². The number of rotatable bonds is 6. The molecule has 3 rings (SSSR count). The van der Waals surface area contributed by atoms with Gasteiger partial charge in [-0.15, -0.1) is 11.8 Å². The zero-order valence-electron chi connectivity index (χ0n) is 16.4. The molecule has 2 N–H and O–H groups in total. The van der Waals surface area contributed by atoms with Gasteiger partial charge < -0.3 is 4.90 Å². The molecule has 2 aromatic carbocycles. The maximum atomic E-state index is 12.3. The van der Waals surface area contributed by atoms with Gasteiger partial charge in [-0.25, -0.2) is 0 Å². The maximum Gasteiger partial charge on any atom is 0.271 e. The molecule has 0 bridgehead atoms. The maximum absolute atomic E-state index is 12.3. The molecule has 0 saturated carbocycles. The predicted octanol–water partition coefficient (Wildman–Crippen LogP) is 3.04. The van der Waals surface area contributed by atoms with Crippen LogP contribution in [0.1, 0.15) is 16.8 Å². The van der Waals surface area contributed by atoms with Gasteiger partial charge in [-0.2, -0.15) is 0 Å². The first-order chi connectivity index (χ1) is 14.1. The zero-order valence-corrected chi connectivity index (χ0v) is 17.9. The van der Waals surface area contributed by atoms with Crippen LogP contribution in [-0.4, -0.2) is 55.7 Å². The fraction of sp³-hybridized carbons (Fsp3) is 0.333. The molecule has 1 aliphatic heterocycles. The van der Waals surface area contributed by atoms with Crippen molar-refractivity contribution in [2.45, 2.75) is 11.3 Å². The van der Waals surface area contributed by atoms with Crippen molar-refractivity contribution in [1.29, 1.82) is 0 Å². The Morgan fingerprint density at radius 1 is 1.03 bits per heavy atom. The third-order valence-electron chi connectivity index (χ3n) is 4.88. The van der Waals surface area contributed by atoms with Crippen LogP contribution in [0.4, 0.5) is 5.69 Å². The highest BCUT2D eigenvalue weighted by Crippen LogP contribution is 2.22. The quantitative estimate of drug-likeness (QED) is 0.542. The van der Waals surface area contributed by atoms with Crippen LogP contribution in [0.3, 0.4) is 0 Å². The lowest BCUT2D eigenvalue weighted by Crippen LogP contribution is -2.48. The molecule has 29 heavy (non-hydrogen) atoms. The van der Waals surface area contributed by atoms with E-state index in [-0.39, 0.29) is 5.91 Å². The van der Waals surface area contributed by atoms with Gasteiger partial charge >= 0.3 is 0 Å². The molecule has 8 heteroatoms. The van der Waals surface area contributed by atoms with Crippen LogP contribution in [0.25, 0.3) is 0 Å². The molecule has 1 fully saturated rings. The third-order valence-corrected chi connectivity index (χ3v) is 5.94. The first-order valence-corrected chi connectivity index (χ1v) is 11.1. The number of amides is 2. The van der Waals surface area contributed by atoms with E-state index >= 15 is 0 Å². The summed E-state index contributed by atoms with van der Waals surface area (Å²) in [5.74, 6) is -0.642. The molecule has 2 amide bonds. The number of nitrogens with one attached hydrogen (secondary N) is 2. The molecule has 1 heterocycles. The summed E-state index contributed by atoms with van der Waals surface area (Å²) in [4.78, 5) is 29.9. The minimum atomic E-state index is -0.421. The van der Waals surface area contributed by atoms with Gasteiger partial charge in [0, 0.05) is 49.7 Å². The van der Waals surface area contributed by atoms with E-state index in [9.17, 15) is 9.59 Å². The number of nitrogens with zero attached hydrogens (tertiary/aromatic N) is 2. The van der Waals surface area contributed by atoms with Crippen molar-refractivity contribution in [3.8, 4) is 0 Å². The number of carbonyl (C=O) groups is 2. The summed E-state index contributed by atoms with van der Waals surface area (Å²) in [6, 6.07) is 15.6. The summed E-state index contributed by atoms with van der Waals surface area (Å²) in [5.41, 5.74) is 6.50. The number of anilines is 1. The Balaban J connectivity index is 1.39. The van der Waals surface area contributed by atoms with Gasteiger partial charge in [0.15, 0.2) is 0 Å². The number of hydrogen-bond donors (Lipinski definition) is 2. The smallest absolute Gasteiger partial charge is 0.271 e. The van der Waals surface area contributed by atoms with Crippen LogP contribution >= 0.6 is 23.4 Å². The van der Waals surface area contributed by atoms with Gasteiger partial charge in [-0.05, 0) is 36.6 Å². The minimum Gasteiger partial charge on any atom is -0.369 e. The largest absolute Gasteiger partial charge is 0.369 e. The number of hydrogen-bond acceptors (Lipinski definition) is 5. The van der Waals surface area contributed by atoms with E-state index in [1.54, 1.807) is 12.1 Å². The number of halogens is 1. The standard InChI is InChI=1S/C21H25ClN4O2S/c1-29-17-7-8-19(22)18(15-17)21(28)24-23-20(27)9-10-25-11-13-26(14-12-25)16-5-3-2-4-6-16/h2-8,15H,9-14H2,1H3,(H,23,27)(H,24,28). The zero-order chi connectivity index (χ0) is 20.6. The molecule has 6 nitrogen and oxygen atoms in total. The average molecular weight is 433 g/mol. The van der Waals surface area contributed by atoms with Crippen LogP contribution < -0.4 is 15.8 Å². The summed E-state index contributed by atoms with van der Waals surface area (Å²) in [7, 11) is 0. The second-order valence-corrected chi connectivity index (χ2v) is 8.05. The van der Waals surface area contributed by atoms with Crippen LogP contribution in [0.5, 0.6) is 0 Å². The highest BCUT2D eigenvalue weighted by Gasteiger charge is 2.18. The van der Waals surface area contributed by atoms with Gasteiger partial charge in [0.05, 0.1) is 10.6 Å². The minimum absolute atomic E-state index is 0.221. The van der Waals surface area contributed by atoms with Gasteiger partial charge in [-0.1, -0.05) is 29.8 Å². The van der Waals surface area contributed by atoms with E-state index in [1.165, 1.54) is 17.4 Å². The highest BCUT2D eigenvalue weighted by molar-refractivity contribution is 7.98. The fourth-order valence-corrected chi connectivity index (χ4v) is 3.83. The molecule has 154 valence electrons. The summed E-state index contributed by atoms with van der Waals surface area (Å²) < 4.78 is 0. The van der Waals surface area contributed by atoms with Crippen molar-refractivity contribution in [1.82, 2.24) is 15.8 Å².